The highest BCUT2D eigenvalue weighted by molar-refractivity contribution is 5.84. The van der Waals surface area contributed by atoms with Gasteiger partial charge in [0.05, 0.1) is 0 Å². The van der Waals surface area contributed by atoms with Gasteiger partial charge in [-0.25, -0.2) is 9.13 Å². The molecular formula is C29H29BrN2O2. The molecule has 0 N–H and O–H groups in total. The van der Waals surface area contributed by atoms with E-state index in [9.17, 15) is 0 Å². The van der Waals surface area contributed by atoms with Crippen molar-refractivity contribution in [2.24, 2.45) is 0 Å². The number of fused-ring (bicyclic) bond motifs is 2. The molecule has 0 saturated carbocycles. The molecule has 2 unspecified atom stereocenters. The van der Waals surface area contributed by atoms with Crippen LogP contribution >= 0.6 is 0 Å². The number of nitrogens with zero attached hydrogens (tertiary/aromatic N) is 2. The molecule has 4 nitrogen and oxygen atoms in total. The molecule has 5 heteroatoms. The minimum Gasteiger partial charge on any atom is -1.00 e. The first-order chi connectivity index (χ1) is 16.1. The third-order valence-corrected chi connectivity index (χ3v) is 5.80. The van der Waals surface area contributed by atoms with Gasteiger partial charge in [-0.05, 0) is 59.7 Å². The third-order valence-electron chi connectivity index (χ3n) is 5.80. The van der Waals surface area contributed by atoms with Crippen LogP contribution in [0.15, 0.2) is 104 Å². The van der Waals surface area contributed by atoms with E-state index in [1.807, 2.05) is 12.1 Å². The summed E-state index contributed by atoms with van der Waals surface area (Å²) in [6.07, 6.45) is 6.39. The summed E-state index contributed by atoms with van der Waals surface area (Å²) in [5, 5.41) is 4.84. The summed E-state index contributed by atoms with van der Waals surface area (Å²) in [6, 6.07) is 29.2. The highest BCUT2D eigenvalue weighted by atomic mass is 79.9. The largest absolute Gasteiger partial charge is 1.00 e. The quantitative estimate of drug-likeness (QED) is 0.296. The summed E-state index contributed by atoms with van der Waals surface area (Å²) < 4.78 is 16.7. The van der Waals surface area contributed by atoms with E-state index in [-0.39, 0.29) is 29.2 Å². The maximum atomic E-state index is 6.18. The number of imidazole rings is 1. The lowest BCUT2D eigenvalue weighted by Crippen LogP contribution is -3.00. The van der Waals surface area contributed by atoms with E-state index in [1.165, 1.54) is 21.5 Å². The summed E-state index contributed by atoms with van der Waals surface area (Å²) >= 11 is 0. The first-order valence-corrected chi connectivity index (χ1v) is 11.5. The molecule has 5 rings (SSSR count). The summed E-state index contributed by atoms with van der Waals surface area (Å²) in [5.74, 6) is 1.80. The molecule has 4 aromatic carbocycles. The van der Waals surface area contributed by atoms with Crippen molar-refractivity contribution in [2.75, 3.05) is 0 Å². The van der Waals surface area contributed by atoms with E-state index >= 15 is 0 Å². The van der Waals surface area contributed by atoms with Crippen molar-refractivity contribution < 1.29 is 31.0 Å². The zero-order chi connectivity index (χ0) is 22.6. The lowest BCUT2D eigenvalue weighted by atomic mass is 10.1. The van der Waals surface area contributed by atoms with Crippen LogP contribution in [-0.4, -0.2) is 16.8 Å². The SMILES string of the molecule is CC(Cn1cc[n+](CC(C)Oc2ccc3ccccc3c2)c1)Oc1ccc2ccccc2c1.[Br-]. The minimum absolute atomic E-state index is 0. The molecule has 0 aliphatic heterocycles. The number of hydrogen-bond acceptors (Lipinski definition) is 2. The van der Waals surface area contributed by atoms with Gasteiger partial charge in [0.25, 0.3) is 0 Å². The van der Waals surface area contributed by atoms with Gasteiger partial charge in [-0.15, -0.1) is 0 Å². The van der Waals surface area contributed by atoms with Gasteiger partial charge in [0, 0.05) is 0 Å². The number of halogens is 1. The average Bonchev–Trinajstić information content (AvgIpc) is 3.25. The molecule has 2 atom stereocenters. The van der Waals surface area contributed by atoms with Gasteiger partial charge in [-0.2, -0.15) is 0 Å². The maximum Gasteiger partial charge on any atom is 0.244 e. The van der Waals surface area contributed by atoms with Gasteiger partial charge in [0.15, 0.2) is 0 Å². The van der Waals surface area contributed by atoms with Crippen LogP contribution < -0.4 is 31.0 Å². The summed E-state index contributed by atoms with van der Waals surface area (Å²) in [7, 11) is 0. The van der Waals surface area contributed by atoms with Gasteiger partial charge >= 0.3 is 0 Å². The molecule has 1 aromatic heterocycles. The van der Waals surface area contributed by atoms with E-state index in [2.05, 4.69) is 114 Å². The van der Waals surface area contributed by atoms with Crippen LogP contribution in [0.3, 0.4) is 0 Å². The van der Waals surface area contributed by atoms with E-state index in [4.69, 9.17) is 9.47 Å². The minimum atomic E-state index is 0. The van der Waals surface area contributed by atoms with Gasteiger partial charge in [-0.1, -0.05) is 60.7 Å². The molecule has 0 aliphatic rings. The summed E-state index contributed by atoms with van der Waals surface area (Å²) in [5.41, 5.74) is 0. The van der Waals surface area contributed by atoms with Crippen LogP contribution in [0.4, 0.5) is 0 Å². The van der Waals surface area contributed by atoms with Crippen molar-refractivity contribution >= 4 is 21.5 Å². The highest BCUT2D eigenvalue weighted by Crippen LogP contribution is 2.22. The Balaban J connectivity index is 0.00000274. The number of ether oxygens (including phenoxy) is 2. The lowest BCUT2D eigenvalue weighted by Gasteiger charge is -2.14. The van der Waals surface area contributed by atoms with Crippen LogP contribution in [0.2, 0.25) is 0 Å². The number of rotatable bonds is 8. The Morgan fingerprint density at radius 1 is 0.706 bits per heavy atom. The topological polar surface area (TPSA) is 27.3 Å². The van der Waals surface area contributed by atoms with Gasteiger partial charge < -0.3 is 26.5 Å². The summed E-state index contributed by atoms with van der Waals surface area (Å²) in [4.78, 5) is 0. The van der Waals surface area contributed by atoms with Crippen molar-refractivity contribution in [3.8, 4) is 11.5 Å². The maximum absolute atomic E-state index is 6.18. The molecule has 5 aromatic rings. The Hall–Kier alpha value is -3.31. The second kappa shape index (κ2) is 10.7. The molecule has 0 radical (unpaired) electrons. The van der Waals surface area contributed by atoms with E-state index in [0.717, 1.165) is 24.6 Å². The first-order valence-electron chi connectivity index (χ1n) is 11.5. The molecule has 174 valence electrons. The zero-order valence-corrected chi connectivity index (χ0v) is 21.1. The molecule has 34 heavy (non-hydrogen) atoms. The van der Waals surface area contributed by atoms with E-state index in [1.54, 1.807) is 0 Å². The fraction of sp³-hybridized carbons (Fsp3) is 0.207. The van der Waals surface area contributed by atoms with Gasteiger partial charge in [-0.3, -0.25) is 0 Å². The van der Waals surface area contributed by atoms with Crippen LogP contribution in [0.25, 0.3) is 21.5 Å². The standard InChI is InChI=1S/C29H29N2O2.BrH/c1-22(32-28-13-11-24-7-3-5-9-26(24)17-28)19-30-15-16-31(21-30)20-23(2)33-29-14-12-25-8-4-6-10-27(25)18-29;/h3-18,21-23H,19-20H2,1-2H3;1H/q+1;/p-1. The Morgan fingerprint density at radius 2 is 1.24 bits per heavy atom. The number of hydrogen-bond donors (Lipinski definition) is 0. The number of aromatic nitrogens is 2. The molecule has 0 bridgehead atoms. The van der Waals surface area contributed by atoms with Crippen molar-refractivity contribution in [1.82, 2.24) is 4.57 Å². The Labute approximate surface area is 211 Å². The zero-order valence-electron chi connectivity index (χ0n) is 19.5. The average molecular weight is 517 g/mol. The second-order valence-electron chi connectivity index (χ2n) is 8.68. The van der Waals surface area contributed by atoms with Crippen molar-refractivity contribution in [3.63, 3.8) is 0 Å². The van der Waals surface area contributed by atoms with Crippen molar-refractivity contribution in [2.45, 2.75) is 39.1 Å². The molecule has 0 aliphatic carbocycles. The second-order valence-corrected chi connectivity index (χ2v) is 8.68. The number of benzene rings is 4. The van der Waals surface area contributed by atoms with Crippen LogP contribution in [0.1, 0.15) is 13.8 Å². The van der Waals surface area contributed by atoms with Gasteiger partial charge in [0.1, 0.15) is 49.2 Å². The molecule has 0 spiro atoms. The predicted octanol–water partition coefficient (Wildman–Crippen LogP) is 3.02. The summed E-state index contributed by atoms with van der Waals surface area (Å²) in [6.45, 7) is 5.76. The molecule has 0 fully saturated rings. The lowest BCUT2D eigenvalue weighted by molar-refractivity contribution is -0.701. The van der Waals surface area contributed by atoms with Crippen LogP contribution in [-0.2, 0) is 13.1 Å². The Kier molecular flexibility index (Phi) is 7.53. The first kappa shape index (κ1) is 23.8. The predicted molar refractivity (Wildman–Crippen MR) is 133 cm³/mol. The van der Waals surface area contributed by atoms with Crippen LogP contribution in [0, 0.1) is 0 Å². The Bertz CT molecular complexity index is 1280. The van der Waals surface area contributed by atoms with E-state index in [0.29, 0.717) is 0 Å². The Morgan fingerprint density at radius 3 is 1.82 bits per heavy atom. The molecule has 1 heterocycles. The van der Waals surface area contributed by atoms with Gasteiger partial charge in [0.2, 0.25) is 6.33 Å². The van der Waals surface area contributed by atoms with Crippen molar-refractivity contribution in [3.05, 3.63) is 104 Å². The highest BCUT2D eigenvalue weighted by Gasteiger charge is 2.14. The monoisotopic (exact) mass is 516 g/mol. The van der Waals surface area contributed by atoms with E-state index < -0.39 is 0 Å². The smallest absolute Gasteiger partial charge is 0.244 e. The van der Waals surface area contributed by atoms with Crippen LogP contribution in [0.5, 0.6) is 11.5 Å². The third kappa shape index (κ3) is 5.78. The van der Waals surface area contributed by atoms with Crippen molar-refractivity contribution in [1.29, 1.82) is 0 Å². The molecular weight excluding hydrogens is 488 g/mol. The fourth-order valence-corrected chi connectivity index (χ4v) is 4.27. The fourth-order valence-electron chi connectivity index (χ4n) is 4.27. The normalized spacial score (nSPS) is 12.8. The molecule has 0 saturated heterocycles. The molecule has 0 amide bonds.